The molecule has 0 bridgehead atoms. The number of nitrogens with zero attached hydrogens (tertiary/aromatic N) is 2. The predicted molar refractivity (Wildman–Crippen MR) is 61.7 cm³/mol. The van der Waals surface area contributed by atoms with E-state index in [1.54, 1.807) is 0 Å². The van der Waals surface area contributed by atoms with Gasteiger partial charge in [-0.3, -0.25) is 10.1 Å². The number of carboxylic acid groups (broad SMARTS) is 1. The second-order valence-electron chi connectivity index (χ2n) is 3.23. The number of aliphatic hydroxyl groups excluding tert-OH is 2. The van der Waals surface area contributed by atoms with Gasteiger partial charge in [0.25, 0.3) is 0 Å². The van der Waals surface area contributed by atoms with E-state index in [0.717, 1.165) is 23.9 Å². The molecule has 1 unspecified atom stereocenters. The number of hydrogen-bond donors (Lipinski definition) is 3. The zero-order valence-corrected chi connectivity index (χ0v) is 9.83. The zero-order chi connectivity index (χ0) is 13.7. The quantitative estimate of drug-likeness (QED) is 0.378. The molecule has 0 fully saturated rings. The Kier molecular flexibility index (Phi) is 5.01. The Morgan fingerprint density at radius 3 is 2.72 bits per heavy atom. The second-order valence-corrected chi connectivity index (χ2v) is 4.24. The number of thioether (sulfide) groups is 1. The average molecular weight is 274 g/mol. The Hall–Kier alpha value is -1.71. The maximum atomic E-state index is 10.7. The number of carbonyl (C=O) groups is 1. The van der Waals surface area contributed by atoms with Gasteiger partial charge in [0, 0.05) is 11.8 Å². The van der Waals surface area contributed by atoms with E-state index in [1.165, 1.54) is 0 Å². The summed E-state index contributed by atoms with van der Waals surface area (Å²) < 4.78 is 0. The highest BCUT2D eigenvalue weighted by Crippen LogP contribution is 2.27. The molecule has 1 aromatic heterocycles. The Bertz CT molecular complexity index is 466. The molecule has 0 aromatic carbocycles. The first-order valence-corrected chi connectivity index (χ1v) is 5.74. The van der Waals surface area contributed by atoms with Crippen LogP contribution in [-0.4, -0.2) is 49.7 Å². The molecule has 0 radical (unpaired) electrons. The smallest absolute Gasteiger partial charge is 0.354 e. The summed E-state index contributed by atoms with van der Waals surface area (Å²) in [4.78, 5) is 24.3. The summed E-state index contributed by atoms with van der Waals surface area (Å²) in [6.45, 7) is -0.487. The lowest BCUT2D eigenvalue weighted by Gasteiger charge is -2.06. The minimum Gasteiger partial charge on any atom is -0.477 e. The fourth-order valence-corrected chi connectivity index (χ4v) is 1.93. The SMILES string of the molecule is O=C(O)c1ccc([N+](=O)[O-])c(SCC(O)CO)n1. The van der Waals surface area contributed by atoms with Crippen LogP contribution in [0.3, 0.4) is 0 Å². The average Bonchev–Trinajstić information content (AvgIpc) is 2.35. The molecule has 0 aliphatic heterocycles. The molecule has 1 heterocycles. The van der Waals surface area contributed by atoms with Gasteiger partial charge in [-0.2, -0.15) is 0 Å². The molecular weight excluding hydrogens is 264 g/mol. The Balaban J connectivity index is 3.00. The number of carboxylic acids is 1. The van der Waals surface area contributed by atoms with Gasteiger partial charge in [0.2, 0.25) is 0 Å². The molecule has 18 heavy (non-hydrogen) atoms. The molecule has 1 aromatic rings. The first-order valence-electron chi connectivity index (χ1n) is 4.76. The molecule has 0 saturated heterocycles. The minimum absolute atomic E-state index is 0.0204. The fraction of sp³-hybridized carbons (Fsp3) is 0.333. The van der Waals surface area contributed by atoms with Crippen LogP contribution in [0.2, 0.25) is 0 Å². The predicted octanol–water partition coefficient (Wildman–Crippen LogP) is 0.133. The first kappa shape index (κ1) is 14.4. The molecule has 1 atom stereocenters. The third-order valence-electron chi connectivity index (χ3n) is 1.88. The van der Waals surface area contributed by atoms with Crippen molar-refractivity contribution in [1.82, 2.24) is 4.98 Å². The highest BCUT2D eigenvalue weighted by molar-refractivity contribution is 7.99. The van der Waals surface area contributed by atoms with Crippen LogP contribution in [0.4, 0.5) is 5.69 Å². The lowest BCUT2D eigenvalue weighted by Crippen LogP contribution is -2.15. The summed E-state index contributed by atoms with van der Waals surface area (Å²) in [5.41, 5.74) is -0.656. The molecular formula is C9H10N2O6S. The van der Waals surface area contributed by atoms with Gasteiger partial charge in [0.1, 0.15) is 5.69 Å². The molecule has 0 aliphatic rings. The van der Waals surface area contributed by atoms with Gasteiger partial charge in [-0.1, -0.05) is 11.8 Å². The molecule has 98 valence electrons. The third kappa shape index (κ3) is 3.65. The summed E-state index contributed by atoms with van der Waals surface area (Å²) >= 11 is 0.814. The van der Waals surface area contributed by atoms with Crippen molar-refractivity contribution in [1.29, 1.82) is 0 Å². The Labute approximate surface area is 105 Å². The summed E-state index contributed by atoms with van der Waals surface area (Å²) in [6.07, 6.45) is -1.05. The van der Waals surface area contributed by atoms with E-state index in [-0.39, 0.29) is 22.2 Å². The van der Waals surface area contributed by atoms with E-state index in [2.05, 4.69) is 4.98 Å². The highest BCUT2D eigenvalue weighted by Gasteiger charge is 2.19. The summed E-state index contributed by atoms with van der Waals surface area (Å²) in [5, 5.41) is 37.1. The largest absolute Gasteiger partial charge is 0.477 e. The van der Waals surface area contributed by atoms with Crippen LogP contribution in [-0.2, 0) is 0 Å². The van der Waals surface area contributed by atoms with E-state index >= 15 is 0 Å². The number of nitro groups is 1. The minimum atomic E-state index is -1.30. The standard InChI is InChI=1S/C9H10N2O6S/c12-3-5(13)4-18-8-7(11(16)17)2-1-6(10-8)9(14)15/h1-2,5,12-13H,3-4H2,(H,14,15). The second kappa shape index (κ2) is 6.28. The van der Waals surface area contributed by atoms with Gasteiger partial charge in [0.15, 0.2) is 5.03 Å². The molecule has 9 heteroatoms. The number of pyridine rings is 1. The summed E-state index contributed by atoms with van der Waals surface area (Å²) in [5.74, 6) is -1.32. The van der Waals surface area contributed by atoms with Crippen molar-refractivity contribution in [2.45, 2.75) is 11.1 Å². The van der Waals surface area contributed by atoms with Gasteiger partial charge in [-0.25, -0.2) is 9.78 Å². The van der Waals surface area contributed by atoms with Gasteiger partial charge in [-0.15, -0.1) is 0 Å². The number of hydrogen-bond acceptors (Lipinski definition) is 7. The van der Waals surface area contributed by atoms with Gasteiger partial charge in [-0.05, 0) is 6.07 Å². The first-order chi connectivity index (χ1) is 8.45. The van der Waals surface area contributed by atoms with Crippen LogP contribution in [0.5, 0.6) is 0 Å². The van der Waals surface area contributed by atoms with Crippen molar-refractivity contribution < 1.29 is 25.0 Å². The zero-order valence-electron chi connectivity index (χ0n) is 9.02. The lowest BCUT2D eigenvalue weighted by molar-refractivity contribution is -0.388. The van der Waals surface area contributed by atoms with Crippen molar-refractivity contribution >= 4 is 23.4 Å². The lowest BCUT2D eigenvalue weighted by atomic mass is 10.3. The maximum absolute atomic E-state index is 10.7. The van der Waals surface area contributed by atoms with Crippen molar-refractivity contribution in [2.24, 2.45) is 0 Å². The van der Waals surface area contributed by atoms with E-state index in [0.29, 0.717) is 0 Å². The molecule has 8 nitrogen and oxygen atoms in total. The van der Waals surface area contributed by atoms with Gasteiger partial charge in [0.05, 0.1) is 17.6 Å². The molecule has 0 aliphatic carbocycles. The molecule has 0 saturated carbocycles. The van der Waals surface area contributed by atoms with E-state index in [4.69, 9.17) is 15.3 Å². The Morgan fingerprint density at radius 1 is 1.56 bits per heavy atom. The van der Waals surface area contributed by atoms with Crippen LogP contribution >= 0.6 is 11.8 Å². The van der Waals surface area contributed by atoms with Crippen LogP contribution in [0.25, 0.3) is 0 Å². The van der Waals surface area contributed by atoms with Gasteiger partial charge >= 0.3 is 11.7 Å². The van der Waals surface area contributed by atoms with Crippen LogP contribution in [0, 0.1) is 10.1 Å². The monoisotopic (exact) mass is 274 g/mol. The Morgan fingerprint density at radius 2 is 2.22 bits per heavy atom. The topological polar surface area (TPSA) is 134 Å². The number of aromatic carboxylic acids is 1. The van der Waals surface area contributed by atoms with E-state index < -0.39 is 23.6 Å². The number of aliphatic hydroxyl groups is 2. The fourth-order valence-electron chi connectivity index (χ4n) is 1.03. The van der Waals surface area contributed by atoms with Crippen LogP contribution in [0.15, 0.2) is 17.2 Å². The van der Waals surface area contributed by atoms with Crippen molar-refractivity contribution in [3.05, 3.63) is 27.9 Å². The molecule has 1 rings (SSSR count). The summed E-state index contributed by atoms with van der Waals surface area (Å²) in [6, 6.07) is 2.08. The number of aromatic nitrogens is 1. The van der Waals surface area contributed by atoms with Crippen LogP contribution < -0.4 is 0 Å². The van der Waals surface area contributed by atoms with Crippen molar-refractivity contribution in [3.8, 4) is 0 Å². The van der Waals surface area contributed by atoms with E-state index in [1.807, 2.05) is 0 Å². The highest BCUT2D eigenvalue weighted by atomic mass is 32.2. The van der Waals surface area contributed by atoms with Gasteiger partial charge < -0.3 is 15.3 Å². The normalized spacial score (nSPS) is 12.1. The van der Waals surface area contributed by atoms with Crippen LogP contribution in [0.1, 0.15) is 10.5 Å². The third-order valence-corrected chi connectivity index (χ3v) is 3.00. The maximum Gasteiger partial charge on any atom is 0.354 e. The summed E-state index contributed by atoms with van der Waals surface area (Å²) in [7, 11) is 0. The van der Waals surface area contributed by atoms with E-state index in [9.17, 15) is 14.9 Å². The molecule has 0 amide bonds. The molecule has 3 N–H and O–H groups in total. The van der Waals surface area contributed by atoms with Crippen molar-refractivity contribution in [2.75, 3.05) is 12.4 Å². The number of rotatable bonds is 6. The molecule has 0 spiro atoms. The van der Waals surface area contributed by atoms with Crippen molar-refractivity contribution in [3.63, 3.8) is 0 Å².